The van der Waals surface area contributed by atoms with Gasteiger partial charge in [0.25, 0.3) is 11.3 Å². The van der Waals surface area contributed by atoms with Crippen LogP contribution in [0.1, 0.15) is 5.69 Å². The van der Waals surface area contributed by atoms with E-state index in [1.165, 1.54) is 16.9 Å². The number of aromatic amines is 1. The van der Waals surface area contributed by atoms with Gasteiger partial charge in [0.1, 0.15) is 6.33 Å². The molecule has 2 aromatic rings. The molecule has 66 valence electrons. The van der Waals surface area contributed by atoms with Crippen molar-refractivity contribution in [2.45, 2.75) is 6.42 Å². The lowest BCUT2D eigenvalue weighted by Gasteiger charge is -1.94. The molecule has 2 aromatic heterocycles. The van der Waals surface area contributed by atoms with E-state index in [0.717, 1.165) is 0 Å². The van der Waals surface area contributed by atoms with E-state index in [-0.39, 0.29) is 5.56 Å². The molecule has 0 aliphatic carbocycles. The molecule has 2 heterocycles. The Labute approximate surface area is 73.7 Å². The van der Waals surface area contributed by atoms with Gasteiger partial charge < -0.3 is 0 Å². The third-order valence-corrected chi connectivity index (χ3v) is 1.67. The highest BCUT2D eigenvalue weighted by molar-refractivity contribution is 5.26. The zero-order chi connectivity index (χ0) is 9.26. The number of nitrogens with one attached hydrogen (secondary N) is 1. The molecule has 0 aromatic carbocycles. The zero-order valence-electron chi connectivity index (χ0n) is 6.90. The lowest BCUT2D eigenvalue weighted by atomic mass is 10.3. The summed E-state index contributed by atoms with van der Waals surface area (Å²) in [6, 6.07) is 1.47. The van der Waals surface area contributed by atoms with Crippen LogP contribution in [-0.4, -0.2) is 19.6 Å². The molecule has 13 heavy (non-hydrogen) atoms. The quantitative estimate of drug-likeness (QED) is 0.662. The molecule has 0 unspecified atom stereocenters. The van der Waals surface area contributed by atoms with E-state index in [0.29, 0.717) is 17.9 Å². The predicted molar refractivity (Wildman–Crippen MR) is 47.5 cm³/mol. The highest BCUT2D eigenvalue weighted by Crippen LogP contribution is 1.95. The SMILES string of the molecule is C=CCc1cc(=O)n2[nH]cnc2n1. The van der Waals surface area contributed by atoms with Crippen molar-refractivity contribution in [1.29, 1.82) is 0 Å². The van der Waals surface area contributed by atoms with Crippen molar-refractivity contribution in [2.75, 3.05) is 0 Å². The molecular formula is C8H8N4O. The molecule has 0 radical (unpaired) electrons. The smallest absolute Gasteiger partial charge is 0.274 e. The first-order chi connectivity index (χ1) is 6.31. The van der Waals surface area contributed by atoms with Crippen LogP contribution in [0.25, 0.3) is 5.78 Å². The topological polar surface area (TPSA) is 63.0 Å². The Morgan fingerprint density at radius 2 is 2.54 bits per heavy atom. The van der Waals surface area contributed by atoms with Gasteiger partial charge in [-0.1, -0.05) is 6.08 Å². The Morgan fingerprint density at radius 1 is 1.69 bits per heavy atom. The molecule has 0 fully saturated rings. The molecule has 1 N–H and O–H groups in total. The molecular weight excluding hydrogens is 168 g/mol. The van der Waals surface area contributed by atoms with Crippen LogP contribution in [0, 0.1) is 0 Å². The maximum atomic E-state index is 11.4. The molecule has 0 amide bonds. The molecule has 0 saturated carbocycles. The number of fused-ring (bicyclic) bond motifs is 1. The standard InChI is InChI=1S/C8H8N4O/c1-2-3-6-4-7(13)12-8(11-6)9-5-10-12/h2,4-5H,1,3H2,(H,9,10,11). The molecule has 0 bridgehead atoms. The summed E-state index contributed by atoms with van der Waals surface area (Å²) in [6.07, 6.45) is 3.71. The zero-order valence-corrected chi connectivity index (χ0v) is 6.90. The van der Waals surface area contributed by atoms with Crippen molar-refractivity contribution in [3.63, 3.8) is 0 Å². The van der Waals surface area contributed by atoms with Crippen LogP contribution < -0.4 is 5.56 Å². The van der Waals surface area contributed by atoms with Gasteiger partial charge in [-0.3, -0.25) is 9.89 Å². The molecule has 0 spiro atoms. The minimum Gasteiger partial charge on any atom is -0.278 e. The first-order valence-corrected chi connectivity index (χ1v) is 3.84. The summed E-state index contributed by atoms with van der Waals surface area (Å²) in [5.74, 6) is 0.393. The molecule has 5 nitrogen and oxygen atoms in total. The number of hydrogen-bond donors (Lipinski definition) is 1. The van der Waals surface area contributed by atoms with Crippen LogP contribution in [0.3, 0.4) is 0 Å². The fourth-order valence-corrected chi connectivity index (χ4v) is 1.12. The Morgan fingerprint density at radius 3 is 3.31 bits per heavy atom. The Hall–Kier alpha value is -1.91. The maximum absolute atomic E-state index is 11.4. The molecule has 5 heteroatoms. The minimum atomic E-state index is -0.153. The summed E-state index contributed by atoms with van der Waals surface area (Å²) in [6.45, 7) is 3.58. The number of aromatic nitrogens is 4. The molecule has 0 saturated heterocycles. The van der Waals surface area contributed by atoms with Crippen LogP contribution >= 0.6 is 0 Å². The van der Waals surface area contributed by atoms with Gasteiger partial charge in [-0.05, 0) is 0 Å². The third kappa shape index (κ3) is 1.24. The van der Waals surface area contributed by atoms with E-state index >= 15 is 0 Å². The highest BCUT2D eigenvalue weighted by atomic mass is 16.1. The Kier molecular flexibility index (Phi) is 1.70. The summed E-state index contributed by atoms with van der Waals surface area (Å²) in [5, 5.41) is 2.66. The van der Waals surface area contributed by atoms with Gasteiger partial charge in [0.05, 0.1) is 5.69 Å². The minimum absolute atomic E-state index is 0.153. The van der Waals surface area contributed by atoms with E-state index in [2.05, 4.69) is 21.6 Å². The molecule has 0 aliphatic heterocycles. The van der Waals surface area contributed by atoms with Gasteiger partial charge in [0.2, 0.25) is 0 Å². The highest BCUT2D eigenvalue weighted by Gasteiger charge is 2.01. The summed E-state index contributed by atoms with van der Waals surface area (Å²) in [7, 11) is 0. The van der Waals surface area contributed by atoms with E-state index in [1.807, 2.05) is 0 Å². The summed E-state index contributed by atoms with van der Waals surface area (Å²) in [5.41, 5.74) is 0.534. The molecule has 2 rings (SSSR count). The van der Waals surface area contributed by atoms with Crippen molar-refractivity contribution in [3.8, 4) is 0 Å². The monoisotopic (exact) mass is 176 g/mol. The van der Waals surface area contributed by atoms with E-state index in [9.17, 15) is 4.79 Å². The first kappa shape index (κ1) is 7.72. The van der Waals surface area contributed by atoms with Crippen molar-refractivity contribution in [1.82, 2.24) is 19.6 Å². The van der Waals surface area contributed by atoms with Crippen LogP contribution in [0.15, 0.2) is 29.8 Å². The fraction of sp³-hybridized carbons (Fsp3) is 0.125. The largest absolute Gasteiger partial charge is 0.278 e. The van der Waals surface area contributed by atoms with Crippen LogP contribution in [0.2, 0.25) is 0 Å². The second-order valence-electron chi connectivity index (χ2n) is 2.60. The van der Waals surface area contributed by atoms with Crippen molar-refractivity contribution >= 4 is 5.78 Å². The van der Waals surface area contributed by atoms with Crippen LogP contribution in [-0.2, 0) is 6.42 Å². The van der Waals surface area contributed by atoms with E-state index in [4.69, 9.17) is 0 Å². The van der Waals surface area contributed by atoms with Crippen LogP contribution in [0.5, 0.6) is 0 Å². The number of hydrogen-bond acceptors (Lipinski definition) is 3. The third-order valence-electron chi connectivity index (χ3n) is 1.67. The average molecular weight is 176 g/mol. The number of allylic oxidation sites excluding steroid dienone is 1. The Bertz CT molecular complexity index is 496. The summed E-state index contributed by atoms with van der Waals surface area (Å²) < 4.78 is 1.28. The van der Waals surface area contributed by atoms with Gasteiger partial charge in [-0.25, -0.2) is 9.97 Å². The van der Waals surface area contributed by atoms with Gasteiger partial charge >= 0.3 is 0 Å². The number of rotatable bonds is 2. The van der Waals surface area contributed by atoms with Gasteiger partial charge in [-0.15, -0.1) is 6.58 Å². The van der Waals surface area contributed by atoms with Gasteiger partial charge in [0.15, 0.2) is 0 Å². The summed E-state index contributed by atoms with van der Waals surface area (Å²) >= 11 is 0. The predicted octanol–water partition coefficient (Wildman–Crippen LogP) is 0.146. The first-order valence-electron chi connectivity index (χ1n) is 3.84. The second-order valence-corrected chi connectivity index (χ2v) is 2.60. The number of nitrogens with zero attached hydrogens (tertiary/aromatic N) is 3. The fourth-order valence-electron chi connectivity index (χ4n) is 1.12. The average Bonchev–Trinajstić information content (AvgIpc) is 2.53. The lowest BCUT2D eigenvalue weighted by Crippen LogP contribution is -2.15. The normalized spacial score (nSPS) is 10.5. The molecule has 0 atom stereocenters. The van der Waals surface area contributed by atoms with E-state index in [1.54, 1.807) is 6.08 Å². The van der Waals surface area contributed by atoms with Gasteiger partial charge in [-0.2, -0.15) is 4.52 Å². The van der Waals surface area contributed by atoms with Crippen molar-refractivity contribution in [2.24, 2.45) is 0 Å². The summed E-state index contributed by atoms with van der Waals surface area (Å²) in [4.78, 5) is 19.4. The van der Waals surface area contributed by atoms with Crippen molar-refractivity contribution in [3.05, 3.63) is 41.1 Å². The van der Waals surface area contributed by atoms with Gasteiger partial charge in [0, 0.05) is 12.5 Å². The Balaban J connectivity index is 2.69. The molecule has 0 aliphatic rings. The van der Waals surface area contributed by atoms with E-state index < -0.39 is 0 Å². The maximum Gasteiger partial charge on any atom is 0.274 e. The number of H-pyrrole nitrogens is 1. The van der Waals surface area contributed by atoms with Crippen molar-refractivity contribution < 1.29 is 0 Å². The lowest BCUT2D eigenvalue weighted by molar-refractivity contribution is 0.882. The van der Waals surface area contributed by atoms with Crippen LogP contribution in [0.4, 0.5) is 0 Å². The second kappa shape index (κ2) is 2.85.